The molecule has 0 aliphatic carbocycles. The van der Waals surface area contributed by atoms with Crippen molar-refractivity contribution in [3.05, 3.63) is 70.7 Å². The van der Waals surface area contributed by atoms with Crippen LogP contribution >= 0.6 is 23.2 Å². The number of anilines is 1. The summed E-state index contributed by atoms with van der Waals surface area (Å²) in [5.41, 5.74) is 1.18. The van der Waals surface area contributed by atoms with Crippen LogP contribution in [0.15, 0.2) is 60.7 Å². The van der Waals surface area contributed by atoms with Gasteiger partial charge < -0.3 is 10.1 Å². The van der Waals surface area contributed by atoms with E-state index in [1.54, 1.807) is 18.2 Å². The van der Waals surface area contributed by atoms with Gasteiger partial charge in [-0.05, 0) is 42.5 Å². The maximum atomic E-state index is 6.08. The molecule has 4 heteroatoms. The Morgan fingerprint density at radius 1 is 0.875 bits per heavy atom. The average Bonchev–Trinajstić information content (AvgIpc) is 2.59. The second-order valence-electron chi connectivity index (χ2n) is 5.58. The monoisotopic (exact) mass is 359 g/mol. The minimum absolute atomic E-state index is 0.552. The van der Waals surface area contributed by atoms with E-state index in [2.05, 4.69) is 47.8 Å². The smallest absolute Gasteiger partial charge is 0.137 e. The molecular weight excluding hydrogens is 341 g/mol. The number of unbranched alkanes of at least 4 members (excludes halogenated alkanes) is 1. The first kappa shape index (κ1) is 16.9. The standard InChI is InChI=1S/C20H19Cl2NO/c21-16-10-11-20(18(22)14-16)24-13-4-3-12-23-19-9-5-7-15-6-1-2-8-17(15)19/h1-2,5-11,14,23H,3-4,12-13H2. The predicted molar refractivity (Wildman–Crippen MR) is 104 cm³/mol. The molecule has 0 saturated heterocycles. The lowest BCUT2D eigenvalue weighted by Crippen LogP contribution is -2.05. The van der Waals surface area contributed by atoms with Crippen LogP contribution in [-0.2, 0) is 0 Å². The molecule has 0 aromatic heterocycles. The van der Waals surface area contributed by atoms with Crippen LogP contribution < -0.4 is 10.1 Å². The number of benzene rings is 3. The molecule has 0 aliphatic rings. The normalized spacial score (nSPS) is 10.8. The van der Waals surface area contributed by atoms with Crippen molar-refractivity contribution in [3.63, 3.8) is 0 Å². The summed E-state index contributed by atoms with van der Waals surface area (Å²) in [6, 6.07) is 20.0. The molecule has 0 fully saturated rings. The Balaban J connectivity index is 1.44. The summed E-state index contributed by atoms with van der Waals surface area (Å²) < 4.78 is 5.70. The maximum Gasteiger partial charge on any atom is 0.137 e. The fourth-order valence-corrected chi connectivity index (χ4v) is 3.07. The molecule has 2 nitrogen and oxygen atoms in total. The lowest BCUT2D eigenvalue weighted by molar-refractivity contribution is 0.308. The first-order valence-corrected chi connectivity index (χ1v) is 8.79. The van der Waals surface area contributed by atoms with Crippen LogP contribution in [0.5, 0.6) is 5.75 Å². The van der Waals surface area contributed by atoms with E-state index in [-0.39, 0.29) is 0 Å². The fourth-order valence-electron chi connectivity index (χ4n) is 2.60. The van der Waals surface area contributed by atoms with Crippen LogP contribution in [-0.4, -0.2) is 13.2 Å². The molecule has 0 atom stereocenters. The largest absolute Gasteiger partial charge is 0.492 e. The Bertz CT molecular complexity index is 814. The Morgan fingerprint density at radius 3 is 2.58 bits per heavy atom. The van der Waals surface area contributed by atoms with Crippen molar-refractivity contribution >= 4 is 39.7 Å². The van der Waals surface area contributed by atoms with E-state index in [4.69, 9.17) is 27.9 Å². The highest BCUT2D eigenvalue weighted by Gasteiger charge is 2.02. The van der Waals surface area contributed by atoms with Crippen LogP contribution in [0.25, 0.3) is 10.8 Å². The second kappa shape index (κ2) is 8.27. The minimum Gasteiger partial charge on any atom is -0.492 e. The highest BCUT2D eigenvalue weighted by Crippen LogP contribution is 2.27. The molecule has 0 heterocycles. The Kier molecular flexibility index (Phi) is 5.84. The molecule has 3 aromatic rings. The molecule has 0 amide bonds. The van der Waals surface area contributed by atoms with E-state index in [9.17, 15) is 0 Å². The van der Waals surface area contributed by atoms with Crippen molar-refractivity contribution in [2.45, 2.75) is 12.8 Å². The molecule has 0 unspecified atom stereocenters. The second-order valence-corrected chi connectivity index (χ2v) is 6.43. The van der Waals surface area contributed by atoms with Gasteiger partial charge in [0.25, 0.3) is 0 Å². The Hall–Kier alpha value is -1.90. The molecule has 0 saturated carbocycles. The molecule has 124 valence electrons. The van der Waals surface area contributed by atoms with Crippen LogP contribution in [0.3, 0.4) is 0 Å². The van der Waals surface area contributed by atoms with Gasteiger partial charge in [-0.25, -0.2) is 0 Å². The first-order valence-electron chi connectivity index (χ1n) is 8.03. The lowest BCUT2D eigenvalue weighted by atomic mass is 10.1. The summed E-state index contributed by atoms with van der Waals surface area (Å²) in [7, 11) is 0. The summed E-state index contributed by atoms with van der Waals surface area (Å²) in [6.45, 7) is 1.55. The number of rotatable bonds is 7. The summed E-state index contributed by atoms with van der Waals surface area (Å²) in [5, 5.41) is 7.18. The van der Waals surface area contributed by atoms with Gasteiger partial charge in [-0.2, -0.15) is 0 Å². The quantitative estimate of drug-likeness (QED) is 0.491. The van der Waals surface area contributed by atoms with Gasteiger partial charge in [0.2, 0.25) is 0 Å². The highest BCUT2D eigenvalue weighted by molar-refractivity contribution is 6.35. The Morgan fingerprint density at radius 2 is 1.71 bits per heavy atom. The van der Waals surface area contributed by atoms with E-state index in [1.165, 1.54) is 16.5 Å². The number of hydrogen-bond acceptors (Lipinski definition) is 2. The highest BCUT2D eigenvalue weighted by atomic mass is 35.5. The van der Waals surface area contributed by atoms with Gasteiger partial charge in [0.15, 0.2) is 0 Å². The molecule has 0 aliphatic heterocycles. The van der Waals surface area contributed by atoms with Gasteiger partial charge in [0.1, 0.15) is 5.75 Å². The third-order valence-electron chi connectivity index (χ3n) is 3.83. The summed E-state index contributed by atoms with van der Waals surface area (Å²) in [5.74, 6) is 0.683. The summed E-state index contributed by atoms with van der Waals surface area (Å²) >= 11 is 12.0. The molecule has 0 spiro atoms. The molecular formula is C20H19Cl2NO. The van der Waals surface area contributed by atoms with Crippen LogP contribution in [0.1, 0.15) is 12.8 Å². The number of ether oxygens (including phenoxy) is 1. The van der Waals surface area contributed by atoms with Crippen molar-refractivity contribution in [2.75, 3.05) is 18.5 Å². The minimum atomic E-state index is 0.552. The number of hydrogen-bond donors (Lipinski definition) is 1. The third-order valence-corrected chi connectivity index (χ3v) is 4.36. The van der Waals surface area contributed by atoms with Gasteiger partial charge in [0, 0.05) is 22.6 Å². The zero-order chi connectivity index (χ0) is 16.8. The molecule has 0 bridgehead atoms. The predicted octanol–water partition coefficient (Wildman–Crippen LogP) is 6.42. The van der Waals surface area contributed by atoms with Crippen LogP contribution in [0.2, 0.25) is 10.0 Å². The summed E-state index contributed by atoms with van der Waals surface area (Å²) in [4.78, 5) is 0. The van der Waals surface area contributed by atoms with Crippen LogP contribution in [0, 0.1) is 0 Å². The van der Waals surface area contributed by atoms with E-state index < -0.39 is 0 Å². The molecule has 24 heavy (non-hydrogen) atoms. The Labute approximate surface area is 152 Å². The molecule has 1 N–H and O–H groups in total. The SMILES string of the molecule is Clc1ccc(OCCCCNc2cccc3ccccc23)c(Cl)c1. The van der Waals surface area contributed by atoms with Gasteiger partial charge in [0.05, 0.1) is 11.6 Å². The van der Waals surface area contributed by atoms with Crippen molar-refractivity contribution < 1.29 is 4.74 Å². The zero-order valence-corrected chi connectivity index (χ0v) is 14.8. The topological polar surface area (TPSA) is 21.3 Å². The zero-order valence-electron chi connectivity index (χ0n) is 13.3. The third kappa shape index (κ3) is 4.34. The van der Waals surface area contributed by atoms with E-state index in [1.807, 2.05) is 0 Å². The first-order chi connectivity index (χ1) is 11.7. The molecule has 3 rings (SSSR count). The van der Waals surface area contributed by atoms with E-state index in [0.717, 1.165) is 19.4 Å². The number of halogens is 2. The van der Waals surface area contributed by atoms with Gasteiger partial charge in [-0.3, -0.25) is 0 Å². The fraction of sp³-hybridized carbons (Fsp3) is 0.200. The van der Waals surface area contributed by atoms with Crippen molar-refractivity contribution in [2.24, 2.45) is 0 Å². The molecule has 0 radical (unpaired) electrons. The molecule has 3 aromatic carbocycles. The van der Waals surface area contributed by atoms with E-state index in [0.29, 0.717) is 22.4 Å². The average molecular weight is 360 g/mol. The number of nitrogens with one attached hydrogen (secondary N) is 1. The van der Waals surface area contributed by atoms with Crippen molar-refractivity contribution in [1.29, 1.82) is 0 Å². The van der Waals surface area contributed by atoms with Gasteiger partial charge in [-0.1, -0.05) is 59.6 Å². The van der Waals surface area contributed by atoms with Crippen LogP contribution in [0.4, 0.5) is 5.69 Å². The summed E-state index contributed by atoms with van der Waals surface area (Å²) in [6.07, 6.45) is 1.98. The maximum absolute atomic E-state index is 6.08. The lowest BCUT2D eigenvalue weighted by Gasteiger charge is -2.11. The van der Waals surface area contributed by atoms with E-state index >= 15 is 0 Å². The van der Waals surface area contributed by atoms with Crippen molar-refractivity contribution in [3.8, 4) is 5.75 Å². The van der Waals surface area contributed by atoms with Gasteiger partial charge >= 0.3 is 0 Å². The number of fused-ring (bicyclic) bond motifs is 1. The van der Waals surface area contributed by atoms with Crippen molar-refractivity contribution in [1.82, 2.24) is 0 Å². The van der Waals surface area contributed by atoms with Gasteiger partial charge in [-0.15, -0.1) is 0 Å².